The van der Waals surface area contributed by atoms with Gasteiger partial charge in [0.1, 0.15) is 11.7 Å². The number of halogens is 3. The van der Waals surface area contributed by atoms with Crippen molar-refractivity contribution in [2.45, 2.75) is 25.1 Å². The Balaban J connectivity index is 1.92. The van der Waals surface area contributed by atoms with Crippen molar-refractivity contribution in [1.29, 1.82) is 0 Å². The van der Waals surface area contributed by atoms with Crippen LogP contribution in [0.4, 0.5) is 23.7 Å². The molecule has 2 saturated heterocycles. The topological polar surface area (TPSA) is 79.8 Å². The fraction of sp³-hybridized carbons (Fsp3) is 0.467. The summed E-state index contributed by atoms with van der Waals surface area (Å²) >= 11 is 0. The van der Waals surface area contributed by atoms with Crippen molar-refractivity contribution in [2.75, 3.05) is 18.6 Å². The smallest absolute Gasteiger partial charge is 0.433 e. The third kappa shape index (κ3) is 2.81. The number of piperidine rings is 1. The lowest BCUT2D eigenvalue weighted by Crippen LogP contribution is -2.48. The molecular weight excluding hydrogens is 343 g/mol. The first-order valence-corrected chi connectivity index (χ1v) is 7.51. The SMILES string of the molecule is COC(=O)[C@H]1CCCN2C(=O)N(c3ccc(C(F)(F)F)nc3)C(=O)[C@H]12. The highest BCUT2D eigenvalue weighted by Gasteiger charge is 2.53. The molecule has 3 amide bonds. The number of nitrogens with zero attached hydrogens (tertiary/aromatic N) is 3. The number of hydrogen-bond acceptors (Lipinski definition) is 5. The number of carbonyl (C=O) groups excluding carboxylic acids is 3. The summed E-state index contributed by atoms with van der Waals surface area (Å²) in [4.78, 5) is 42.4. The second kappa shape index (κ2) is 6.01. The molecule has 134 valence electrons. The molecule has 2 aliphatic rings. The summed E-state index contributed by atoms with van der Waals surface area (Å²) in [6.07, 6.45) is -2.88. The molecule has 0 N–H and O–H groups in total. The fourth-order valence-electron chi connectivity index (χ4n) is 3.19. The minimum atomic E-state index is -4.62. The average Bonchev–Trinajstić information content (AvgIpc) is 2.85. The van der Waals surface area contributed by atoms with Gasteiger partial charge in [-0.1, -0.05) is 0 Å². The first kappa shape index (κ1) is 17.2. The number of fused-ring (bicyclic) bond motifs is 1. The number of amides is 3. The molecule has 25 heavy (non-hydrogen) atoms. The molecule has 0 aliphatic carbocycles. The lowest BCUT2D eigenvalue weighted by atomic mass is 9.89. The monoisotopic (exact) mass is 357 g/mol. The van der Waals surface area contributed by atoms with E-state index < -0.39 is 41.7 Å². The molecule has 0 radical (unpaired) electrons. The summed E-state index contributed by atoms with van der Waals surface area (Å²) in [7, 11) is 1.19. The number of alkyl halides is 3. The Labute approximate surface area is 140 Å². The number of esters is 1. The van der Waals surface area contributed by atoms with Crippen molar-refractivity contribution in [3.63, 3.8) is 0 Å². The van der Waals surface area contributed by atoms with Gasteiger partial charge < -0.3 is 9.64 Å². The van der Waals surface area contributed by atoms with E-state index in [1.165, 1.54) is 12.0 Å². The molecule has 2 fully saturated rings. The Morgan fingerprint density at radius 1 is 1.32 bits per heavy atom. The number of aromatic nitrogens is 1. The molecule has 3 heterocycles. The van der Waals surface area contributed by atoms with Crippen molar-refractivity contribution >= 4 is 23.6 Å². The number of imide groups is 1. The Morgan fingerprint density at radius 3 is 2.60 bits per heavy atom. The molecule has 10 heteroatoms. The third-order valence-corrected chi connectivity index (χ3v) is 4.34. The third-order valence-electron chi connectivity index (χ3n) is 4.34. The molecule has 2 atom stereocenters. The minimum absolute atomic E-state index is 0.0685. The number of rotatable bonds is 2. The van der Waals surface area contributed by atoms with Gasteiger partial charge in [0, 0.05) is 6.54 Å². The minimum Gasteiger partial charge on any atom is -0.469 e. The van der Waals surface area contributed by atoms with Crippen molar-refractivity contribution in [3.05, 3.63) is 24.0 Å². The van der Waals surface area contributed by atoms with Crippen LogP contribution in [0.15, 0.2) is 18.3 Å². The molecule has 0 saturated carbocycles. The number of pyridine rings is 1. The summed E-state index contributed by atoms with van der Waals surface area (Å²) in [5.74, 6) is -2.05. The average molecular weight is 357 g/mol. The number of carbonyl (C=O) groups is 3. The predicted octanol–water partition coefficient (Wildman–Crippen LogP) is 1.82. The van der Waals surface area contributed by atoms with E-state index in [4.69, 9.17) is 4.74 Å². The van der Waals surface area contributed by atoms with Crippen molar-refractivity contribution in [1.82, 2.24) is 9.88 Å². The van der Waals surface area contributed by atoms with Gasteiger partial charge in [-0.2, -0.15) is 13.2 Å². The maximum atomic E-state index is 12.7. The van der Waals surface area contributed by atoms with Gasteiger partial charge in [0.05, 0.1) is 24.9 Å². The van der Waals surface area contributed by atoms with Crippen molar-refractivity contribution in [3.8, 4) is 0 Å². The van der Waals surface area contributed by atoms with Crippen molar-refractivity contribution in [2.24, 2.45) is 5.92 Å². The van der Waals surface area contributed by atoms with Crippen LogP contribution in [0.2, 0.25) is 0 Å². The highest BCUT2D eigenvalue weighted by molar-refractivity contribution is 6.22. The molecule has 3 rings (SSSR count). The molecule has 0 bridgehead atoms. The van der Waals surface area contributed by atoms with Crippen LogP contribution in [0.3, 0.4) is 0 Å². The summed E-state index contributed by atoms with van der Waals surface area (Å²) < 4.78 is 42.5. The number of ether oxygens (including phenoxy) is 1. The van der Waals surface area contributed by atoms with E-state index in [1.807, 2.05) is 0 Å². The molecule has 2 aliphatic heterocycles. The fourth-order valence-corrected chi connectivity index (χ4v) is 3.19. The van der Waals surface area contributed by atoms with Gasteiger partial charge in [-0.15, -0.1) is 0 Å². The summed E-state index contributed by atoms with van der Waals surface area (Å²) in [6, 6.07) is 0.0310. The van der Waals surface area contributed by atoms with Crippen LogP contribution in [0.1, 0.15) is 18.5 Å². The van der Waals surface area contributed by atoms with Gasteiger partial charge in [-0.05, 0) is 25.0 Å². The van der Waals surface area contributed by atoms with Gasteiger partial charge in [0.2, 0.25) is 0 Å². The van der Waals surface area contributed by atoms with Gasteiger partial charge in [0.15, 0.2) is 0 Å². The van der Waals surface area contributed by atoms with Crippen molar-refractivity contribution < 1.29 is 32.3 Å². The van der Waals surface area contributed by atoms with E-state index >= 15 is 0 Å². The van der Waals surface area contributed by atoms with E-state index in [9.17, 15) is 27.6 Å². The molecule has 1 aromatic heterocycles. The van der Waals surface area contributed by atoms with E-state index in [0.717, 1.165) is 17.2 Å². The van der Waals surface area contributed by atoms with Gasteiger partial charge in [-0.3, -0.25) is 9.59 Å². The molecule has 7 nitrogen and oxygen atoms in total. The van der Waals surface area contributed by atoms with Crippen LogP contribution in [-0.2, 0) is 20.5 Å². The summed E-state index contributed by atoms with van der Waals surface area (Å²) in [5.41, 5.74) is -1.19. The van der Waals surface area contributed by atoms with E-state index in [2.05, 4.69) is 4.98 Å². The standard InChI is InChI=1S/C15H14F3N3O4/c1-25-13(23)9-3-2-6-20-11(9)12(22)21(14(20)24)8-4-5-10(19-7-8)15(16,17)18/h4-5,7,9,11H,2-3,6H2,1H3/t9-,11-/m0/s1. The Hall–Kier alpha value is -2.65. The lowest BCUT2D eigenvalue weighted by Gasteiger charge is -2.31. The summed E-state index contributed by atoms with van der Waals surface area (Å²) in [5, 5.41) is 0. The van der Waals surface area contributed by atoms with Crippen LogP contribution in [0.5, 0.6) is 0 Å². The molecule has 0 spiro atoms. The van der Waals surface area contributed by atoms with Crippen LogP contribution in [-0.4, -0.2) is 47.5 Å². The highest BCUT2D eigenvalue weighted by atomic mass is 19.4. The zero-order chi connectivity index (χ0) is 18.4. The second-order valence-electron chi connectivity index (χ2n) is 5.77. The second-order valence-corrected chi connectivity index (χ2v) is 5.77. The Bertz CT molecular complexity index is 720. The van der Waals surface area contributed by atoms with Crippen LogP contribution in [0, 0.1) is 5.92 Å². The maximum Gasteiger partial charge on any atom is 0.433 e. The highest BCUT2D eigenvalue weighted by Crippen LogP contribution is 2.35. The first-order chi connectivity index (χ1) is 11.8. The number of anilines is 1. The largest absolute Gasteiger partial charge is 0.469 e. The normalized spacial score (nSPS) is 23.7. The first-order valence-electron chi connectivity index (χ1n) is 7.51. The molecular formula is C15H14F3N3O4. The van der Waals surface area contributed by atoms with Gasteiger partial charge in [-0.25, -0.2) is 14.7 Å². The van der Waals surface area contributed by atoms with Crippen LogP contribution < -0.4 is 4.90 Å². The quantitative estimate of drug-likeness (QED) is 0.596. The number of methoxy groups -OCH3 is 1. The van der Waals surface area contributed by atoms with E-state index in [-0.39, 0.29) is 12.2 Å². The van der Waals surface area contributed by atoms with Gasteiger partial charge >= 0.3 is 18.2 Å². The molecule has 0 aromatic carbocycles. The molecule has 1 aromatic rings. The number of hydrogen-bond donors (Lipinski definition) is 0. The molecule has 0 unspecified atom stereocenters. The number of urea groups is 1. The van der Waals surface area contributed by atoms with Gasteiger partial charge in [0.25, 0.3) is 5.91 Å². The van der Waals surface area contributed by atoms with E-state index in [0.29, 0.717) is 18.9 Å². The predicted molar refractivity (Wildman–Crippen MR) is 77.4 cm³/mol. The Kier molecular flexibility index (Phi) is 4.13. The maximum absolute atomic E-state index is 12.7. The van der Waals surface area contributed by atoms with Crippen LogP contribution in [0.25, 0.3) is 0 Å². The van der Waals surface area contributed by atoms with Crippen LogP contribution >= 0.6 is 0 Å². The zero-order valence-electron chi connectivity index (χ0n) is 13.1. The zero-order valence-corrected chi connectivity index (χ0v) is 13.1. The Morgan fingerprint density at radius 2 is 2.04 bits per heavy atom. The van der Waals surface area contributed by atoms with E-state index in [1.54, 1.807) is 0 Å². The lowest BCUT2D eigenvalue weighted by molar-refractivity contribution is -0.150. The summed E-state index contributed by atoms with van der Waals surface area (Å²) in [6.45, 7) is 0.285.